The van der Waals surface area contributed by atoms with Gasteiger partial charge in [-0.1, -0.05) is 0 Å². The average Bonchev–Trinajstić information content (AvgIpc) is 3.78. The molecule has 0 aliphatic heterocycles. The van der Waals surface area contributed by atoms with Crippen LogP contribution < -0.4 is 0 Å². The molecule has 0 nitrogen and oxygen atoms in total. The van der Waals surface area contributed by atoms with E-state index in [1.165, 1.54) is 62.9 Å². The van der Waals surface area contributed by atoms with Crippen LogP contribution in [-0.4, -0.2) is 6.88 Å². The van der Waals surface area contributed by atoms with Gasteiger partial charge in [0.1, 0.15) is 0 Å². The fraction of sp³-hybridized carbons (Fsp3) is 0.362. The van der Waals surface area contributed by atoms with Gasteiger partial charge in [0.25, 0.3) is 0 Å². The van der Waals surface area contributed by atoms with Crippen LogP contribution in [0.3, 0.4) is 0 Å². The molecule has 4 aromatic carbocycles. The molecule has 3 aliphatic carbocycles. The summed E-state index contributed by atoms with van der Waals surface area (Å²) in [4.78, 5) is 0. The molecule has 0 radical (unpaired) electrons. The third-order valence-electron chi connectivity index (χ3n) is 12.2. The number of fused-ring (bicyclic) bond motifs is 2. The van der Waals surface area contributed by atoms with Crippen molar-refractivity contribution in [2.75, 3.05) is 0 Å². The summed E-state index contributed by atoms with van der Waals surface area (Å²) in [6.45, 7) is 21.1. The van der Waals surface area contributed by atoms with E-state index in [0.717, 1.165) is 0 Å². The normalized spacial score (nSPS) is 18.8. The predicted octanol–water partition coefficient (Wildman–Crippen LogP) is 13.7. The minimum absolute atomic E-state index is 0. The van der Waals surface area contributed by atoms with Gasteiger partial charge in [-0.05, 0) is 0 Å². The Morgan fingerprint density at radius 2 is 1.12 bits per heavy atom. The van der Waals surface area contributed by atoms with E-state index in [4.69, 9.17) is 0 Å². The molecule has 3 aliphatic rings. The maximum atomic E-state index is 2.81. The van der Waals surface area contributed by atoms with Crippen LogP contribution in [0.15, 0.2) is 102 Å². The van der Waals surface area contributed by atoms with Crippen molar-refractivity contribution in [2.24, 2.45) is 5.92 Å². The van der Waals surface area contributed by atoms with E-state index in [9.17, 15) is 0 Å². The molecule has 2 atom stereocenters. The van der Waals surface area contributed by atoms with E-state index in [0.29, 0.717) is 13.2 Å². The molecule has 0 saturated carbocycles. The van der Waals surface area contributed by atoms with Crippen LogP contribution in [0.1, 0.15) is 108 Å². The quantitative estimate of drug-likeness (QED) is 0.139. The van der Waals surface area contributed by atoms with Crippen molar-refractivity contribution in [1.29, 1.82) is 0 Å². The zero-order valence-corrected chi connectivity index (χ0v) is 38.0. The number of benzene rings is 4. The number of halogens is 2. The van der Waals surface area contributed by atoms with E-state index >= 15 is 0 Å². The Hall–Kier alpha value is -2.22. The van der Waals surface area contributed by atoms with Gasteiger partial charge in [0.15, 0.2) is 0 Å². The zero-order valence-electron chi connectivity index (χ0n) is 32.5. The maximum absolute atomic E-state index is 3.76. The summed E-state index contributed by atoms with van der Waals surface area (Å²) in [7, 11) is 0. The van der Waals surface area contributed by atoms with Crippen molar-refractivity contribution in [2.45, 2.75) is 95.6 Å². The summed E-state index contributed by atoms with van der Waals surface area (Å²) in [5.41, 5.74) is 19.5. The van der Waals surface area contributed by atoms with Crippen LogP contribution in [0.2, 0.25) is 9.26 Å². The number of allylic oxidation sites excluding steroid dienone is 4. The molecule has 0 amide bonds. The number of hydrogen-bond acceptors (Lipinski definition) is 0. The standard InChI is InChI=1S/C24H25.C21H23.2CH3.2ClH.H2Si.Zr/c1-24(2,3)21-13-11-18(12-14-21)22-10-6-9-19-15-20(16-23(19)22)17-7-4-5-8-17;1-14-12-19-15(2)6-11-18(20(19)13-14)16-7-9-17(10-8-16)21(3,4)5;;;;;;/h4-6,9-17H,7-8H2,1-3H3;6-13H,1-5H3;2*1H3;2*1H;1H2;. The average molecular weight is 813 g/mol. The monoisotopic (exact) mass is 810 g/mol. The zero-order chi connectivity index (χ0) is 35.1. The van der Waals surface area contributed by atoms with Crippen LogP contribution in [0, 0.1) is 12.8 Å². The molecule has 7 rings (SSSR count). The Morgan fingerprint density at radius 3 is 1.63 bits per heavy atom. The summed E-state index contributed by atoms with van der Waals surface area (Å²) < 4.78 is 6.64. The first kappa shape index (κ1) is 40.0. The maximum Gasteiger partial charge on any atom is -0.147 e. The molecule has 0 saturated heterocycles. The summed E-state index contributed by atoms with van der Waals surface area (Å²) in [6, 6.07) is 30.9. The van der Waals surface area contributed by atoms with Gasteiger partial charge in [0.2, 0.25) is 0 Å². The second-order valence-electron chi connectivity index (χ2n) is 18.7. The van der Waals surface area contributed by atoms with Crippen molar-refractivity contribution in [1.82, 2.24) is 0 Å². The fourth-order valence-corrected chi connectivity index (χ4v) is 30.1. The van der Waals surface area contributed by atoms with E-state index in [1.807, 2.05) is 0 Å². The van der Waals surface area contributed by atoms with Gasteiger partial charge < -0.3 is 0 Å². The van der Waals surface area contributed by atoms with Gasteiger partial charge >= 0.3 is 301 Å². The van der Waals surface area contributed by atoms with Crippen LogP contribution in [0.5, 0.6) is 0 Å². The molecule has 0 fully saturated rings. The molecule has 4 aromatic rings. The third kappa shape index (κ3) is 6.98. The first-order chi connectivity index (χ1) is 22.9. The van der Waals surface area contributed by atoms with Crippen LogP contribution in [0.25, 0.3) is 34.4 Å². The largest absolute Gasteiger partial charge is 0.147 e. The molecule has 2 unspecified atom stereocenters. The molecule has 4 heteroatoms. The second-order valence-corrected chi connectivity index (χ2v) is 49.2. The Kier molecular flexibility index (Phi) is 10.9. The van der Waals surface area contributed by atoms with E-state index in [1.54, 1.807) is 22.3 Å². The topological polar surface area (TPSA) is 0 Å². The Labute approximate surface area is 323 Å². The van der Waals surface area contributed by atoms with Crippen molar-refractivity contribution in [3.05, 3.63) is 141 Å². The predicted molar refractivity (Wildman–Crippen MR) is 230 cm³/mol. The minimum atomic E-state index is -3.76. The third-order valence-corrected chi connectivity index (χ3v) is 29.8. The first-order valence-corrected chi connectivity index (χ1v) is 32.2. The van der Waals surface area contributed by atoms with Crippen molar-refractivity contribution >= 4 is 43.8 Å². The molecule has 51 heavy (non-hydrogen) atoms. The number of hydrogen-bond donors (Lipinski definition) is 0. The van der Waals surface area contributed by atoms with Crippen molar-refractivity contribution < 1.29 is 17.4 Å². The van der Waals surface area contributed by atoms with Gasteiger partial charge in [0.05, 0.1) is 0 Å². The van der Waals surface area contributed by atoms with Crippen molar-refractivity contribution in [3.8, 4) is 22.3 Å². The molecule has 268 valence electrons. The molecule has 0 heterocycles. The fourth-order valence-electron chi connectivity index (χ4n) is 9.74. The summed E-state index contributed by atoms with van der Waals surface area (Å²) in [6.07, 6.45) is 12.5. The summed E-state index contributed by atoms with van der Waals surface area (Å²) in [5.74, 6) is 0.602. The SMILES string of the molecule is CC1=Cc2c(-c3ccc(C(C)(C)C)cc3)ccc(C)c2[CH]1[Zr]([CH3])([CH3])(=[SiH2])[CH]1C(C2CC=CC2)=Cc2c(-c3ccc(C(C)(C)C)cc3)cccc21.Cl.Cl. The molecular weight excluding hydrogens is 755 g/mol. The minimum Gasteiger partial charge on any atom is -0.147 e. The Balaban J connectivity index is 0.00000252. The Bertz CT molecular complexity index is 2120. The van der Waals surface area contributed by atoms with E-state index in [-0.39, 0.29) is 35.6 Å². The van der Waals surface area contributed by atoms with Gasteiger partial charge in [-0.25, -0.2) is 0 Å². The van der Waals surface area contributed by atoms with Gasteiger partial charge in [-0.3, -0.25) is 0 Å². The van der Waals surface area contributed by atoms with E-state index < -0.39 is 17.4 Å². The van der Waals surface area contributed by atoms with Gasteiger partial charge in [-0.15, -0.1) is 24.8 Å². The molecule has 0 bridgehead atoms. The summed E-state index contributed by atoms with van der Waals surface area (Å²) >= 11 is -3.76. The van der Waals surface area contributed by atoms with Crippen LogP contribution in [0.4, 0.5) is 0 Å². The van der Waals surface area contributed by atoms with Crippen molar-refractivity contribution in [3.63, 3.8) is 0 Å². The van der Waals surface area contributed by atoms with Crippen LogP contribution >= 0.6 is 24.8 Å². The number of rotatable bonds is 5. The molecular formula is C47H58Cl2SiZr. The molecule has 0 N–H and O–H groups in total. The molecule has 0 spiro atoms. The van der Waals surface area contributed by atoms with E-state index in [2.05, 4.69) is 175 Å². The first-order valence-electron chi connectivity index (χ1n) is 18.5. The molecule has 0 aromatic heterocycles. The summed E-state index contributed by atoms with van der Waals surface area (Å²) in [5, 5.41) is 0. The van der Waals surface area contributed by atoms with Gasteiger partial charge in [-0.2, -0.15) is 0 Å². The second kappa shape index (κ2) is 13.9. The van der Waals surface area contributed by atoms with Crippen LogP contribution in [-0.2, 0) is 28.2 Å². The Morgan fingerprint density at radius 1 is 0.608 bits per heavy atom. The smallest absolute Gasteiger partial charge is 0.147 e. The van der Waals surface area contributed by atoms with Gasteiger partial charge in [0, 0.05) is 0 Å². The number of aryl methyl sites for hydroxylation is 1.